The first kappa shape index (κ1) is 9.46. The fourth-order valence-electron chi connectivity index (χ4n) is 1.05. The van der Waals surface area contributed by atoms with Crippen LogP contribution in [0.5, 0.6) is 0 Å². The van der Waals surface area contributed by atoms with Crippen molar-refractivity contribution in [3.05, 3.63) is 18.0 Å². The standard InChI is InChI=1S/C9H12N4/c1-3-13(4-2)9-11-6-8(5-10)7-12-9/h6-7H,3-4H2,1-2H3. The first-order valence-corrected chi connectivity index (χ1v) is 4.28. The summed E-state index contributed by atoms with van der Waals surface area (Å²) in [6.07, 6.45) is 3.08. The van der Waals surface area contributed by atoms with Crippen molar-refractivity contribution in [2.24, 2.45) is 0 Å². The van der Waals surface area contributed by atoms with Gasteiger partial charge in [0.2, 0.25) is 5.95 Å². The Bertz CT molecular complexity index is 294. The van der Waals surface area contributed by atoms with Gasteiger partial charge in [-0.15, -0.1) is 0 Å². The van der Waals surface area contributed by atoms with E-state index in [0.717, 1.165) is 13.1 Å². The van der Waals surface area contributed by atoms with Crippen molar-refractivity contribution >= 4 is 5.95 Å². The Balaban J connectivity index is 2.85. The Hall–Kier alpha value is -1.63. The lowest BCUT2D eigenvalue weighted by molar-refractivity contribution is 0.820. The zero-order chi connectivity index (χ0) is 9.68. The average Bonchev–Trinajstić information content (AvgIpc) is 2.21. The predicted molar refractivity (Wildman–Crippen MR) is 50.3 cm³/mol. The predicted octanol–water partition coefficient (Wildman–Crippen LogP) is 1.19. The van der Waals surface area contributed by atoms with Crippen molar-refractivity contribution in [3.8, 4) is 6.07 Å². The maximum atomic E-state index is 8.54. The van der Waals surface area contributed by atoms with Gasteiger partial charge in [0, 0.05) is 13.1 Å². The summed E-state index contributed by atoms with van der Waals surface area (Å²) in [4.78, 5) is 10.2. The molecule has 4 heteroatoms. The molecule has 0 aliphatic heterocycles. The molecule has 4 nitrogen and oxygen atoms in total. The van der Waals surface area contributed by atoms with Crippen molar-refractivity contribution in [1.82, 2.24) is 9.97 Å². The van der Waals surface area contributed by atoms with E-state index in [1.54, 1.807) is 12.4 Å². The second kappa shape index (κ2) is 4.41. The normalized spacial score (nSPS) is 9.31. The third-order valence-electron chi connectivity index (χ3n) is 1.81. The van der Waals surface area contributed by atoms with E-state index in [2.05, 4.69) is 9.97 Å². The molecular weight excluding hydrogens is 164 g/mol. The maximum absolute atomic E-state index is 8.54. The van der Waals surface area contributed by atoms with E-state index in [1.807, 2.05) is 24.8 Å². The second-order valence-electron chi connectivity index (χ2n) is 2.56. The van der Waals surface area contributed by atoms with Gasteiger partial charge in [-0.05, 0) is 13.8 Å². The minimum absolute atomic E-state index is 0.496. The molecule has 0 bridgehead atoms. The highest BCUT2D eigenvalue weighted by atomic mass is 15.2. The van der Waals surface area contributed by atoms with Crippen molar-refractivity contribution in [2.75, 3.05) is 18.0 Å². The molecular formula is C9H12N4. The molecule has 0 saturated heterocycles. The first-order chi connectivity index (χ1) is 6.31. The van der Waals surface area contributed by atoms with Crippen LogP contribution in [0.25, 0.3) is 0 Å². The molecule has 0 radical (unpaired) electrons. The molecule has 68 valence electrons. The molecule has 1 heterocycles. The van der Waals surface area contributed by atoms with Crippen LogP contribution in [0.1, 0.15) is 19.4 Å². The summed E-state index contributed by atoms with van der Waals surface area (Å²) in [5.41, 5.74) is 0.496. The van der Waals surface area contributed by atoms with Gasteiger partial charge < -0.3 is 4.90 Å². The highest BCUT2D eigenvalue weighted by Crippen LogP contribution is 2.05. The number of anilines is 1. The van der Waals surface area contributed by atoms with Gasteiger partial charge in [-0.1, -0.05) is 0 Å². The molecule has 0 aromatic carbocycles. The maximum Gasteiger partial charge on any atom is 0.225 e. The van der Waals surface area contributed by atoms with Gasteiger partial charge >= 0.3 is 0 Å². The van der Waals surface area contributed by atoms with E-state index in [0.29, 0.717) is 11.5 Å². The van der Waals surface area contributed by atoms with Crippen LogP contribution in [-0.2, 0) is 0 Å². The Labute approximate surface area is 77.8 Å². The number of hydrogen-bond donors (Lipinski definition) is 0. The molecule has 1 rings (SSSR count). The molecule has 0 amide bonds. The van der Waals surface area contributed by atoms with Crippen LogP contribution in [0, 0.1) is 11.3 Å². The summed E-state index contributed by atoms with van der Waals surface area (Å²) in [7, 11) is 0. The van der Waals surface area contributed by atoms with Gasteiger partial charge in [-0.25, -0.2) is 9.97 Å². The lowest BCUT2D eigenvalue weighted by Crippen LogP contribution is -2.23. The van der Waals surface area contributed by atoms with Crippen LogP contribution >= 0.6 is 0 Å². The summed E-state index contributed by atoms with van der Waals surface area (Å²) >= 11 is 0. The molecule has 0 N–H and O–H groups in total. The minimum Gasteiger partial charge on any atom is -0.341 e. The number of rotatable bonds is 3. The average molecular weight is 176 g/mol. The minimum atomic E-state index is 0.496. The Kier molecular flexibility index (Phi) is 3.21. The molecule has 0 saturated carbocycles. The quantitative estimate of drug-likeness (QED) is 0.694. The Morgan fingerprint density at radius 3 is 2.23 bits per heavy atom. The molecule has 0 atom stereocenters. The molecule has 0 fully saturated rings. The lowest BCUT2D eigenvalue weighted by Gasteiger charge is -2.17. The van der Waals surface area contributed by atoms with E-state index in [-0.39, 0.29) is 0 Å². The zero-order valence-corrected chi connectivity index (χ0v) is 7.86. The van der Waals surface area contributed by atoms with Crippen LogP contribution in [0.15, 0.2) is 12.4 Å². The van der Waals surface area contributed by atoms with E-state index in [4.69, 9.17) is 5.26 Å². The van der Waals surface area contributed by atoms with Crippen LogP contribution in [0.2, 0.25) is 0 Å². The highest BCUT2D eigenvalue weighted by Gasteiger charge is 2.03. The van der Waals surface area contributed by atoms with Crippen molar-refractivity contribution in [3.63, 3.8) is 0 Å². The molecule has 1 aromatic heterocycles. The fraction of sp³-hybridized carbons (Fsp3) is 0.444. The summed E-state index contributed by atoms with van der Waals surface area (Å²) in [5.74, 6) is 0.684. The monoisotopic (exact) mass is 176 g/mol. The van der Waals surface area contributed by atoms with Gasteiger partial charge in [-0.2, -0.15) is 5.26 Å². The summed E-state index contributed by atoms with van der Waals surface area (Å²) < 4.78 is 0. The Morgan fingerprint density at radius 2 is 1.85 bits per heavy atom. The second-order valence-corrected chi connectivity index (χ2v) is 2.56. The third kappa shape index (κ3) is 2.15. The van der Waals surface area contributed by atoms with Crippen LogP contribution in [0.3, 0.4) is 0 Å². The van der Waals surface area contributed by atoms with E-state index in [9.17, 15) is 0 Å². The lowest BCUT2D eigenvalue weighted by atomic mass is 10.4. The molecule has 0 spiro atoms. The van der Waals surface area contributed by atoms with Gasteiger partial charge in [0.25, 0.3) is 0 Å². The van der Waals surface area contributed by atoms with Crippen molar-refractivity contribution < 1.29 is 0 Å². The zero-order valence-electron chi connectivity index (χ0n) is 7.86. The Morgan fingerprint density at radius 1 is 1.31 bits per heavy atom. The number of nitrogens with zero attached hydrogens (tertiary/aromatic N) is 4. The molecule has 1 aromatic rings. The smallest absolute Gasteiger partial charge is 0.225 e. The SMILES string of the molecule is CCN(CC)c1ncc(C#N)cn1. The van der Waals surface area contributed by atoms with Crippen LogP contribution in [-0.4, -0.2) is 23.1 Å². The largest absolute Gasteiger partial charge is 0.341 e. The molecule has 0 aliphatic carbocycles. The molecule has 13 heavy (non-hydrogen) atoms. The van der Waals surface area contributed by atoms with E-state index in [1.165, 1.54) is 0 Å². The van der Waals surface area contributed by atoms with Crippen LogP contribution < -0.4 is 4.90 Å². The van der Waals surface area contributed by atoms with Gasteiger partial charge in [0.1, 0.15) is 6.07 Å². The number of hydrogen-bond acceptors (Lipinski definition) is 4. The first-order valence-electron chi connectivity index (χ1n) is 4.28. The highest BCUT2D eigenvalue weighted by molar-refractivity contribution is 5.32. The van der Waals surface area contributed by atoms with Gasteiger partial charge in [-0.3, -0.25) is 0 Å². The third-order valence-corrected chi connectivity index (χ3v) is 1.81. The topological polar surface area (TPSA) is 52.8 Å². The van der Waals surface area contributed by atoms with Crippen molar-refractivity contribution in [2.45, 2.75) is 13.8 Å². The van der Waals surface area contributed by atoms with Gasteiger partial charge in [0.15, 0.2) is 0 Å². The van der Waals surface area contributed by atoms with Crippen molar-refractivity contribution in [1.29, 1.82) is 5.26 Å². The summed E-state index contributed by atoms with van der Waals surface area (Å²) in [6, 6.07) is 1.99. The molecule has 0 unspecified atom stereocenters. The summed E-state index contributed by atoms with van der Waals surface area (Å²) in [6.45, 7) is 5.85. The van der Waals surface area contributed by atoms with Gasteiger partial charge in [0.05, 0.1) is 18.0 Å². The fourth-order valence-corrected chi connectivity index (χ4v) is 1.05. The number of nitriles is 1. The number of aromatic nitrogens is 2. The van der Waals surface area contributed by atoms with E-state index >= 15 is 0 Å². The summed E-state index contributed by atoms with van der Waals surface area (Å²) in [5, 5.41) is 8.54. The molecule has 0 aliphatic rings. The van der Waals surface area contributed by atoms with E-state index < -0.39 is 0 Å². The van der Waals surface area contributed by atoms with Crippen LogP contribution in [0.4, 0.5) is 5.95 Å².